The molecule has 150 valence electrons. The van der Waals surface area contributed by atoms with E-state index < -0.39 is 5.54 Å². The first-order valence-electron chi connectivity index (χ1n) is 9.38. The molecular formula is C22H23N3O3S. The van der Waals surface area contributed by atoms with Crippen molar-refractivity contribution >= 4 is 23.4 Å². The molecular weight excluding hydrogens is 386 g/mol. The molecule has 1 aliphatic rings. The number of thioether (sulfide) groups is 1. The van der Waals surface area contributed by atoms with E-state index in [4.69, 9.17) is 9.47 Å². The van der Waals surface area contributed by atoms with Crippen LogP contribution in [0.3, 0.4) is 0 Å². The van der Waals surface area contributed by atoms with Crippen LogP contribution in [0.25, 0.3) is 11.1 Å². The van der Waals surface area contributed by atoms with Crippen molar-refractivity contribution in [3.8, 4) is 22.6 Å². The second-order valence-corrected chi connectivity index (χ2v) is 8.09. The molecule has 0 aliphatic carbocycles. The van der Waals surface area contributed by atoms with Gasteiger partial charge in [-0.15, -0.1) is 11.8 Å². The van der Waals surface area contributed by atoms with Gasteiger partial charge in [0.2, 0.25) is 0 Å². The molecule has 0 fully saturated rings. The summed E-state index contributed by atoms with van der Waals surface area (Å²) in [6, 6.07) is 13.6. The van der Waals surface area contributed by atoms with E-state index in [0.29, 0.717) is 13.2 Å². The first kappa shape index (κ1) is 19.4. The maximum Gasteiger partial charge on any atom is 0.251 e. The largest absolute Gasteiger partial charge is 0.486 e. The highest BCUT2D eigenvalue weighted by molar-refractivity contribution is 7.98. The lowest BCUT2D eigenvalue weighted by molar-refractivity contribution is -0.123. The summed E-state index contributed by atoms with van der Waals surface area (Å²) in [6.45, 7) is 4.81. The Labute approximate surface area is 174 Å². The molecule has 6 nitrogen and oxygen atoms in total. The molecule has 29 heavy (non-hydrogen) atoms. The van der Waals surface area contributed by atoms with E-state index in [1.54, 1.807) is 22.6 Å². The number of ether oxygens (including phenoxy) is 2. The van der Waals surface area contributed by atoms with E-state index in [9.17, 15) is 4.79 Å². The van der Waals surface area contributed by atoms with Gasteiger partial charge in [0.15, 0.2) is 11.5 Å². The highest BCUT2D eigenvalue weighted by Crippen LogP contribution is 2.35. The normalized spacial score (nSPS) is 13.2. The maximum absolute atomic E-state index is 13.0. The molecule has 0 bridgehead atoms. The van der Waals surface area contributed by atoms with E-state index in [-0.39, 0.29) is 5.91 Å². The van der Waals surface area contributed by atoms with Crippen molar-refractivity contribution in [3.63, 3.8) is 0 Å². The van der Waals surface area contributed by atoms with Crippen molar-refractivity contribution in [2.75, 3.05) is 24.8 Å². The Kier molecular flexibility index (Phi) is 5.24. The minimum atomic E-state index is -0.864. The van der Waals surface area contributed by atoms with Crippen LogP contribution in [-0.2, 0) is 10.3 Å². The minimum absolute atomic E-state index is 0.129. The van der Waals surface area contributed by atoms with E-state index in [0.717, 1.165) is 33.2 Å². The average Bonchev–Trinajstić information content (AvgIpc) is 3.25. The second kappa shape index (κ2) is 7.83. The second-order valence-electron chi connectivity index (χ2n) is 7.25. The number of benzene rings is 2. The van der Waals surface area contributed by atoms with Gasteiger partial charge in [-0.05, 0) is 49.9 Å². The summed E-state index contributed by atoms with van der Waals surface area (Å²) in [5.74, 6) is 1.35. The molecule has 3 aromatic rings. The molecule has 0 atom stereocenters. The molecule has 2 heterocycles. The van der Waals surface area contributed by atoms with Crippen molar-refractivity contribution in [1.29, 1.82) is 0 Å². The molecule has 1 N–H and O–H groups in total. The number of nitrogens with one attached hydrogen (secondary N) is 1. The third-order valence-electron chi connectivity index (χ3n) is 4.94. The van der Waals surface area contributed by atoms with Crippen LogP contribution in [0.2, 0.25) is 0 Å². The molecule has 0 radical (unpaired) electrons. The third kappa shape index (κ3) is 3.82. The molecule has 0 spiro atoms. The summed E-state index contributed by atoms with van der Waals surface area (Å²) in [5.41, 5.74) is 1.81. The minimum Gasteiger partial charge on any atom is -0.486 e. The summed E-state index contributed by atoms with van der Waals surface area (Å²) in [6.07, 6.45) is 5.63. The van der Waals surface area contributed by atoms with Crippen LogP contribution in [0.4, 0.5) is 5.69 Å². The zero-order valence-electron chi connectivity index (χ0n) is 16.6. The van der Waals surface area contributed by atoms with Gasteiger partial charge in [-0.3, -0.25) is 9.48 Å². The number of rotatable bonds is 5. The van der Waals surface area contributed by atoms with Gasteiger partial charge in [0, 0.05) is 16.7 Å². The van der Waals surface area contributed by atoms with E-state index in [1.165, 1.54) is 0 Å². The molecule has 1 aliphatic heterocycles. The number of carbonyl (C=O) groups excluding carboxylic acids is 1. The fourth-order valence-corrected chi connectivity index (χ4v) is 3.68. The number of amides is 1. The van der Waals surface area contributed by atoms with E-state index in [1.807, 2.05) is 68.8 Å². The monoisotopic (exact) mass is 409 g/mol. The van der Waals surface area contributed by atoms with Gasteiger partial charge in [0.1, 0.15) is 18.8 Å². The fraction of sp³-hybridized carbons (Fsp3) is 0.273. The number of fused-ring (bicyclic) bond motifs is 1. The van der Waals surface area contributed by atoms with Gasteiger partial charge in [-0.1, -0.05) is 18.2 Å². The smallest absolute Gasteiger partial charge is 0.251 e. The number of anilines is 1. The van der Waals surface area contributed by atoms with Gasteiger partial charge in [0.05, 0.1) is 11.9 Å². The van der Waals surface area contributed by atoms with Gasteiger partial charge < -0.3 is 14.8 Å². The number of aromatic nitrogens is 2. The van der Waals surface area contributed by atoms with Crippen LogP contribution >= 0.6 is 11.8 Å². The Morgan fingerprint density at radius 1 is 1.10 bits per heavy atom. The first-order valence-corrected chi connectivity index (χ1v) is 10.6. The Morgan fingerprint density at radius 2 is 1.86 bits per heavy atom. The quantitative estimate of drug-likeness (QED) is 0.632. The van der Waals surface area contributed by atoms with E-state index >= 15 is 0 Å². The molecule has 4 rings (SSSR count). The van der Waals surface area contributed by atoms with Crippen LogP contribution in [0.5, 0.6) is 11.5 Å². The number of para-hydroxylation sites is 1. The third-order valence-corrected chi connectivity index (χ3v) is 5.74. The Bertz CT molecular complexity index is 1050. The Morgan fingerprint density at radius 3 is 2.66 bits per heavy atom. The molecule has 0 unspecified atom stereocenters. The summed E-state index contributed by atoms with van der Waals surface area (Å²) in [4.78, 5) is 14.0. The lowest BCUT2D eigenvalue weighted by atomic mass is 10.0. The summed E-state index contributed by atoms with van der Waals surface area (Å²) < 4.78 is 12.9. The zero-order chi connectivity index (χ0) is 20.4. The van der Waals surface area contributed by atoms with Gasteiger partial charge in [-0.2, -0.15) is 5.10 Å². The van der Waals surface area contributed by atoms with Gasteiger partial charge in [0.25, 0.3) is 5.91 Å². The van der Waals surface area contributed by atoms with E-state index in [2.05, 4.69) is 10.4 Å². The zero-order valence-corrected chi connectivity index (χ0v) is 17.5. The summed E-state index contributed by atoms with van der Waals surface area (Å²) in [5, 5.41) is 7.49. The number of carbonyl (C=O) groups is 1. The summed E-state index contributed by atoms with van der Waals surface area (Å²) in [7, 11) is 0. The lowest BCUT2D eigenvalue weighted by Gasteiger charge is -2.25. The highest BCUT2D eigenvalue weighted by Gasteiger charge is 2.31. The van der Waals surface area contributed by atoms with Crippen LogP contribution < -0.4 is 14.8 Å². The predicted molar refractivity (Wildman–Crippen MR) is 115 cm³/mol. The predicted octanol–water partition coefficient (Wildman–Crippen LogP) is 4.42. The molecule has 1 aromatic heterocycles. The molecule has 0 saturated heterocycles. The Hall–Kier alpha value is -2.93. The lowest BCUT2D eigenvalue weighted by Crippen LogP contribution is -2.40. The SMILES string of the molecule is CSc1ccccc1NC(=O)C(C)(C)n1cc(-c2ccc3c(c2)OCCO3)cn1. The molecule has 2 aromatic carbocycles. The van der Waals surface area contributed by atoms with Crippen molar-refractivity contribution in [2.45, 2.75) is 24.3 Å². The summed E-state index contributed by atoms with van der Waals surface area (Å²) >= 11 is 1.60. The number of nitrogens with zero attached hydrogens (tertiary/aromatic N) is 2. The fourth-order valence-electron chi connectivity index (χ4n) is 3.13. The van der Waals surface area contributed by atoms with Gasteiger partial charge >= 0.3 is 0 Å². The topological polar surface area (TPSA) is 65.4 Å². The van der Waals surface area contributed by atoms with Crippen molar-refractivity contribution < 1.29 is 14.3 Å². The average molecular weight is 410 g/mol. The number of hydrogen-bond acceptors (Lipinski definition) is 5. The first-order chi connectivity index (χ1) is 14.0. The number of hydrogen-bond donors (Lipinski definition) is 1. The van der Waals surface area contributed by atoms with Crippen LogP contribution in [0.1, 0.15) is 13.8 Å². The standard InChI is InChI=1S/C22H23N3O3S/c1-22(2,21(26)24-17-6-4-5-7-20(17)29-3)25-14-16(13-23-25)15-8-9-18-19(12-15)28-11-10-27-18/h4-9,12-14H,10-11H2,1-3H3,(H,24,26). The van der Waals surface area contributed by atoms with Crippen LogP contribution in [0, 0.1) is 0 Å². The molecule has 0 saturated carbocycles. The van der Waals surface area contributed by atoms with Crippen LogP contribution in [-0.4, -0.2) is 35.2 Å². The van der Waals surface area contributed by atoms with Crippen molar-refractivity contribution in [2.24, 2.45) is 0 Å². The van der Waals surface area contributed by atoms with Crippen molar-refractivity contribution in [3.05, 3.63) is 54.9 Å². The van der Waals surface area contributed by atoms with Crippen molar-refractivity contribution in [1.82, 2.24) is 9.78 Å². The maximum atomic E-state index is 13.0. The molecule has 7 heteroatoms. The Balaban J connectivity index is 1.57. The highest BCUT2D eigenvalue weighted by atomic mass is 32.2. The van der Waals surface area contributed by atoms with Gasteiger partial charge in [-0.25, -0.2) is 0 Å². The van der Waals surface area contributed by atoms with Crippen LogP contribution in [0.15, 0.2) is 59.8 Å². The molecule has 1 amide bonds.